The van der Waals surface area contributed by atoms with Crippen molar-refractivity contribution in [3.05, 3.63) is 36.8 Å². The van der Waals surface area contributed by atoms with Crippen molar-refractivity contribution in [2.45, 2.75) is 19.1 Å². The smallest absolute Gasteiger partial charge is 0.422 e. The second-order valence-electron chi connectivity index (χ2n) is 4.44. The normalized spacial score (nSPS) is 12.7. The highest BCUT2D eigenvalue weighted by atomic mass is 19.4. The Kier molecular flexibility index (Phi) is 4.64. The highest BCUT2D eigenvalue weighted by Crippen LogP contribution is 2.18. The van der Waals surface area contributed by atoms with Gasteiger partial charge in [0.05, 0.1) is 11.9 Å². The minimum atomic E-state index is -4.42. The molecule has 118 valence electrons. The zero-order valence-corrected chi connectivity index (χ0v) is 11.5. The monoisotopic (exact) mass is 314 g/mol. The Hall–Kier alpha value is -2.58. The number of ether oxygens (including phenoxy) is 1. The molecule has 0 aromatic carbocycles. The average Bonchev–Trinajstić information content (AvgIpc) is 2.99. The molecule has 22 heavy (non-hydrogen) atoms. The summed E-state index contributed by atoms with van der Waals surface area (Å²) >= 11 is 0. The number of nitrogens with one attached hydrogen (secondary N) is 1. The van der Waals surface area contributed by atoms with Crippen molar-refractivity contribution < 1.29 is 22.7 Å². The summed E-state index contributed by atoms with van der Waals surface area (Å²) in [4.78, 5) is 15.7. The molecular formula is C13H13F3N4O2. The van der Waals surface area contributed by atoms with Crippen molar-refractivity contribution in [3.63, 3.8) is 0 Å². The van der Waals surface area contributed by atoms with E-state index in [2.05, 4.69) is 20.1 Å². The predicted molar refractivity (Wildman–Crippen MR) is 71.4 cm³/mol. The molecule has 1 atom stereocenters. The lowest BCUT2D eigenvalue weighted by Crippen LogP contribution is -2.24. The first-order chi connectivity index (χ1) is 10.3. The number of halogens is 3. The van der Waals surface area contributed by atoms with Crippen molar-refractivity contribution in [1.29, 1.82) is 0 Å². The lowest BCUT2D eigenvalue weighted by molar-refractivity contribution is -0.154. The molecule has 6 nitrogen and oxygen atoms in total. The molecule has 1 N–H and O–H groups in total. The van der Waals surface area contributed by atoms with E-state index in [1.165, 1.54) is 23.0 Å². The van der Waals surface area contributed by atoms with Gasteiger partial charge < -0.3 is 10.1 Å². The van der Waals surface area contributed by atoms with Crippen LogP contribution < -0.4 is 10.1 Å². The van der Waals surface area contributed by atoms with Gasteiger partial charge in [0.1, 0.15) is 6.04 Å². The fourth-order valence-electron chi connectivity index (χ4n) is 1.57. The van der Waals surface area contributed by atoms with Crippen LogP contribution >= 0.6 is 0 Å². The summed E-state index contributed by atoms with van der Waals surface area (Å²) in [5.74, 6) is -0.495. The zero-order valence-electron chi connectivity index (χ0n) is 11.5. The lowest BCUT2D eigenvalue weighted by atomic mass is 10.3. The largest absolute Gasteiger partial charge is 0.468 e. The van der Waals surface area contributed by atoms with Gasteiger partial charge in [-0.1, -0.05) is 0 Å². The van der Waals surface area contributed by atoms with E-state index in [1.54, 1.807) is 25.4 Å². The zero-order chi connectivity index (χ0) is 16.2. The second-order valence-corrected chi connectivity index (χ2v) is 4.44. The van der Waals surface area contributed by atoms with Crippen molar-refractivity contribution in [2.24, 2.45) is 0 Å². The van der Waals surface area contributed by atoms with Crippen molar-refractivity contribution in [2.75, 3.05) is 11.9 Å². The van der Waals surface area contributed by atoms with E-state index in [-0.39, 0.29) is 11.8 Å². The average molecular weight is 314 g/mol. The van der Waals surface area contributed by atoms with E-state index >= 15 is 0 Å². The summed E-state index contributed by atoms with van der Waals surface area (Å²) in [5, 5.41) is 6.54. The number of alkyl halides is 3. The molecule has 9 heteroatoms. The van der Waals surface area contributed by atoms with Gasteiger partial charge in [0.25, 0.3) is 0 Å². The van der Waals surface area contributed by atoms with E-state index in [1.807, 2.05) is 0 Å². The van der Waals surface area contributed by atoms with Gasteiger partial charge in [0.15, 0.2) is 6.61 Å². The number of hydrogen-bond acceptors (Lipinski definition) is 4. The summed E-state index contributed by atoms with van der Waals surface area (Å²) in [6.07, 6.45) is 0.00186. The molecule has 0 bridgehead atoms. The number of nitrogens with zero attached hydrogens (tertiary/aromatic N) is 3. The van der Waals surface area contributed by atoms with Gasteiger partial charge in [-0.05, 0) is 19.1 Å². The van der Waals surface area contributed by atoms with Crippen LogP contribution in [0.2, 0.25) is 0 Å². The van der Waals surface area contributed by atoms with Gasteiger partial charge >= 0.3 is 6.18 Å². The highest BCUT2D eigenvalue weighted by Gasteiger charge is 2.28. The Balaban J connectivity index is 1.92. The summed E-state index contributed by atoms with van der Waals surface area (Å²) < 4.78 is 41.9. The maximum absolute atomic E-state index is 12.0. The number of carbonyl (C=O) groups is 1. The third-order valence-electron chi connectivity index (χ3n) is 2.69. The molecule has 0 fully saturated rings. The predicted octanol–water partition coefficient (Wildman–Crippen LogP) is 2.42. The molecule has 1 amide bonds. The van der Waals surface area contributed by atoms with Gasteiger partial charge in [0, 0.05) is 18.5 Å². The second kappa shape index (κ2) is 6.46. The first kappa shape index (κ1) is 15.8. The highest BCUT2D eigenvalue weighted by molar-refractivity contribution is 5.93. The fraction of sp³-hybridized carbons (Fsp3) is 0.308. The van der Waals surface area contributed by atoms with Crippen LogP contribution in [0.4, 0.5) is 18.9 Å². The number of anilines is 1. The minimum absolute atomic E-state index is 0.171. The molecule has 0 radical (unpaired) electrons. The van der Waals surface area contributed by atoms with Gasteiger partial charge in [-0.25, -0.2) is 4.98 Å². The molecule has 0 saturated carbocycles. The van der Waals surface area contributed by atoms with Crippen LogP contribution in [0.3, 0.4) is 0 Å². The summed E-state index contributed by atoms with van der Waals surface area (Å²) in [7, 11) is 0. The maximum Gasteiger partial charge on any atom is 0.422 e. The van der Waals surface area contributed by atoms with Crippen molar-refractivity contribution in [1.82, 2.24) is 14.8 Å². The van der Waals surface area contributed by atoms with Gasteiger partial charge in [-0.3, -0.25) is 9.48 Å². The SMILES string of the molecule is CC(C(=O)Nc1ccc(OCC(F)(F)F)nc1)n1cccn1. The third kappa shape index (κ3) is 4.47. The number of amides is 1. The van der Waals surface area contributed by atoms with Crippen LogP contribution in [-0.4, -0.2) is 33.5 Å². The molecular weight excluding hydrogens is 301 g/mol. The van der Waals surface area contributed by atoms with Gasteiger partial charge in [-0.15, -0.1) is 0 Å². The summed E-state index contributed by atoms with van der Waals surface area (Å²) in [6.45, 7) is 0.249. The number of hydrogen-bond donors (Lipinski definition) is 1. The quantitative estimate of drug-likeness (QED) is 0.920. The topological polar surface area (TPSA) is 69.0 Å². The van der Waals surface area contributed by atoms with Gasteiger partial charge in [0.2, 0.25) is 11.8 Å². The standard InChI is InChI=1S/C13H13F3N4O2/c1-9(20-6-2-5-18-20)12(21)19-10-3-4-11(17-7-10)22-8-13(14,15)16/h2-7,9H,8H2,1H3,(H,19,21). The van der Waals surface area contributed by atoms with Crippen LogP contribution in [0, 0.1) is 0 Å². The molecule has 2 rings (SSSR count). The van der Waals surface area contributed by atoms with Crippen LogP contribution in [0.1, 0.15) is 13.0 Å². The van der Waals surface area contributed by atoms with Crippen LogP contribution in [0.15, 0.2) is 36.8 Å². The number of aromatic nitrogens is 3. The Labute approximate surface area is 123 Å². The number of rotatable bonds is 5. The van der Waals surface area contributed by atoms with Crippen LogP contribution in [-0.2, 0) is 4.79 Å². The number of carbonyl (C=O) groups excluding carboxylic acids is 1. The van der Waals surface area contributed by atoms with Crippen molar-refractivity contribution in [3.8, 4) is 5.88 Å². The molecule has 2 heterocycles. The fourth-order valence-corrected chi connectivity index (χ4v) is 1.57. The molecule has 0 spiro atoms. The Morgan fingerprint density at radius 1 is 1.45 bits per heavy atom. The summed E-state index contributed by atoms with van der Waals surface area (Å²) in [6, 6.07) is 3.82. The van der Waals surface area contributed by atoms with E-state index in [0.717, 1.165) is 0 Å². The van der Waals surface area contributed by atoms with Crippen molar-refractivity contribution >= 4 is 11.6 Å². The molecule has 1 unspecified atom stereocenters. The molecule has 0 aliphatic heterocycles. The molecule has 0 aliphatic rings. The maximum atomic E-state index is 12.0. The van der Waals surface area contributed by atoms with Crippen LogP contribution in [0.25, 0.3) is 0 Å². The number of pyridine rings is 1. The minimum Gasteiger partial charge on any atom is -0.468 e. The van der Waals surface area contributed by atoms with Gasteiger partial charge in [-0.2, -0.15) is 18.3 Å². The van der Waals surface area contributed by atoms with E-state index in [4.69, 9.17) is 0 Å². The van der Waals surface area contributed by atoms with Crippen LogP contribution in [0.5, 0.6) is 5.88 Å². The Bertz CT molecular complexity index is 611. The van der Waals surface area contributed by atoms with E-state index in [0.29, 0.717) is 5.69 Å². The lowest BCUT2D eigenvalue weighted by Gasteiger charge is -2.13. The molecule has 2 aromatic heterocycles. The first-order valence-electron chi connectivity index (χ1n) is 6.31. The third-order valence-corrected chi connectivity index (χ3v) is 2.69. The molecule has 0 saturated heterocycles. The molecule has 2 aromatic rings. The molecule has 0 aliphatic carbocycles. The van der Waals surface area contributed by atoms with E-state index in [9.17, 15) is 18.0 Å². The Morgan fingerprint density at radius 2 is 2.23 bits per heavy atom. The Morgan fingerprint density at radius 3 is 2.77 bits per heavy atom. The summed E-state index contributed by atoms with van der Waals surface area (Å²) in [5.41, 5.74) is 0.350. The van der Waals surface area contributed by atoms with E-state index < -0.39 is 18.8 Å². The first-order valence-corrected chi connectivity index (χ1v) is 6.31.